The Labute approximate surface area is 105 Å². The predicted octanol–water partition coefficient (Wildman–Crippen LogP) is 1.48. The van der Waals surface area contributed by atoms with Crippen LogP contribution in [0.25, 0.3) is 0 Å². The molecular formula is C13H16FNO3. The molecular weight excluding hydrogens is 237 g/mol. The van der Waals surface area contributed by atoms with Crippen LogP contribution in [0.1, 0.15) is 29.3 Å². The largest absolute Gasteiger partial charge is 0.478 e. The van der Waals surface area contributed by atoms with Gasteiger partial charge in [-0.1, -0.05) is 6.07 Å². The molecule has 98 valence electrons. The van der Waals surface area contributed by atoms with Gasteiger partial charge in [0.15, 0.2) is 0 Å². The van der Waals surface area contributed by atoms with Crippen molar-refractivity contribution < 1.29 is 19.4 Å². The Hall–Kier alpha value is -1.46. The van der Waals surface area contributed by atoms with Crippen molar-refractivity contribution in [3.05, 3.63) is 35.1 Å². The third-order valence-corrected chi connectivity index (χ3v) is 3.20. The van der Waals surface area contributed by atoms with Crippen molar-refractivity contribution in [2.75, 3.05) is 13.1 Å². The third kappa shape index (κ3) is 2.86. The van der Waals surface area contributed by atoms with Crippen LogP contribution in [0.2, 0.25) is 0 Å². The third-order valence-electron chi connectivity index (χ3n) is 3.20. The summed E-state index contributed by atoms with van der Waals surface area (Å²) < 4.78 is 13.5. The molecule has 1 heterocycles. The summed E-state index contributed by atoms with van der Waals surface area (Å²) in [4.78, 5) is 12.7. The van der Waals surface area contributed by atoms with Gasteiger partial charge in [0, 0.05) is 19.6 Å². The number of carbonyl (C=O) groups is 1. The van der Waals surface area contributed by atoms with Gasteiger partial charge >= 0.3 is 5.97 Å². The number of nitrogens with zero attached hydrogens (tertiary/aromatic N) is 1. The fourth-order valence-electron chi connectivity index (χ4n) is 2.26. The van der Waals surface area contributed by atoms with Gasteiger partial charge in [-0.15, -0.1) is 0 Å². The number of halogens is 1. The molecule has 2 N–H and O–H groups in total. The Kier molecular flexibility index (Phi) is 3.36. The van der Waals surface area contributed by atoms with Crippen LogP contribution < -0.4 is 0 Å². The summed E-state index contributed by atoms with van der Waals surface area (Å²) in [6, 6.07) is 4.14. The second-order valence-corrected chi connectivity index (χ2v) is 5.08. The summed E-state index contributed by atoms with van der Waals surface area (Å²) >= 11 is 0. The van der Waals surface area contributed by atoms with Gasteiger partial charge in [-0.25, -0.2) is 9.18 Å². The van der Waals surface area contributed by atoms with Crippen LogP contribution >= 0.6 is 0 Å². The zero-order valence-electron chi connectivity index (χ0n) is 10.2. The zero-order valence-corrected chi connectivity index (χ0v) is 10.2. The van der Waals surface area contributed by atoms with E-state index in [-0.39, 0.29) is 5.56 Å². The van der Waals surface area contributed by atoms with Gasteiger partial charge in [-0.05, 0) is 31.0 Å². The van der Waals surface area contributed by atoms with Crippen molar-refractivity contribution in [2.45, 2.75) is 25.5 Å². The molecule has 0 radical (unpaired) electrons. The first kappa shape index (κ1) is 13.0. The molecule has 0 bridgehead atoms. The molecule has 1 saturated heterocycles. The molecule has 4 nitrogen and oxygen atoms in total. The lowest BCUT2D eigenvalue weighted by molar-refractivity contribution is 0.0677. The van der Waals surface area contributed by atoms with E-state index in [1.54, 1.807) is 13.0 Å². The first-order chi connectivity index (χ1) is 8.37. The number of β-amino-alcohol motifs (C(OH)–C–C–N with tert-alkyl or cyclic N) is 1. The van der Waals surface area contributed by atoms with E-state index in [0.29, 0.717) is 19.5 Å². The number of aromatic carboxylic acids is 1. The minimum atomic E-state index is -1.26. The average Bonchev–Trinajstić information content (AvgIpc) is 2.57. The van der Waals surface area contributed by atoms with Crippen LogP contribution in [-0.2, 0) is 6.54 Å². The summed E-state index contributed by atoms with van der Waals surface area (Å²) in [5, 5.41) is 18.5. The molecule has 1 aromatic rings. The molecule has 18 heavy (non-hydrogen) atoms. The monoisotopic (exact) mass is 253 g/mol. The van der Waals surface area contributed by atoms with Crippen LogP contribution in [0.4, 0.5) is 4.39 Å². The smallest absolute Gasteiger partial charge is 0.338 e. The molecule has 2 rings (SSSR count). The van der Waals surface area contributed by atoms with E-state index >= 15 is 0 Å². The van der Waals surface area contributed by atoms with Crippen molar-refractivity contribution in [3.8, 4) is 0 Å². The Morgan fingerprint density at radius 3 is 2.78 bits per heavy atom. The first-order valence-electron chi connectivity index (χ1n) is 5.84. The molecule has 0 saturated carbocycles. The van der Waals surface area contributed by atoms with E-state index in [1.807, 2.05) is 4.90 Å². The van der Waals surface area contributed by atoms with E-state index < -0.39 is 17.4 Å². The van der Waals surface area contributed by atoms with Gasteiger partial charge in [0.2, 0.25) is 0 Å². The van der Waals surface area contributed by atoms with Gasteiger partial charge in [-0.3, -0.25) is 4.90 Å². The van der Waals surface area contributed by atoms with Crippen LogP contribution in [0.15, 0.2) is 18.2 Å². The minimum absolute atomic E-state index is 0.313. The highest BCUT2D eigenvalue weighted by Crippen LogP contribution is 2.22. The van der Waals surface area contributed by atoms with Crippen molar-refractivity contribution in [2.24, 2.45) is 0 Å². The summed E-state index contributed by atoms with van der Waals surface area (Å²) in [6.07, 6.45) is 0.697. The van der Waals surface area contributed by atoms with E-state index in [0.717, 1.165) is 12.1 Å². The van der Waals surface area contributed by atoms with Crippen molar-refractivity contribution >= 4 is 5.97 Å². The molecule has 0 amide bonds. The van der Waals surface area contributed by atoms with Crippen LogP contribution in [-0.4, -0.2) is 39.8 Å². The Bertz CT molecular complexity index is 473. The zero-order chi connectivity index (χ0) is 13.3. The Morgan fingerprint density at radius 2 is 2.28 bits per heavy atom. The van der Waals surface area contributed by atoms with Crippen molar-refractivity contribution in [1.29, 1.82) is 0 Å². The van der Waals surface area contributed by atoms with E-state index in [2.05, 4.69) is 0 Å². The second-order valence-electron chi connectivity index (χ2n) is 5.08. The lowest BCUT2D eigenvalue weighted by Gasteiger charge is -2.18. The van der Waals surface area contributed by atoms with Crippen LogP contribution in [0.3, 0.4) is 0 Å². The minimum Gasteiger partial charge on any atom is -0.478 e. The van der Waals surface area contributed by atoms with Gasteiger partial charge < -0.3 is 10.2 Å². The first-order valence-corrected chi connectivity index (χ1v) is 5.84. The fourth-order valence-corrected chi connectivity index (χ4v) is 2.26. The summed E-state index contributed by atoms with van der Waals surface area (Å²) in [5.74, 6) is -1.98. The van der Waals surface area contributed by atoms with Crippen molar-refractivity contribution in [1.82, 2.24) is 4.90 Å². The standard InChI is InChI=1S/C13H16FNO3/c1-13(18)4-5-15(8-13)7-9-2-3-10(12(16)17)11(14)6-9/h2-3,6,18H,4-5,7-8H2,1H3,(H,16,17). The maximum atomic E-state index is 13.5. The fraction of sp³-hybridized carbons (Fsp3) is 0.462. The highest BCUT2D eigenvalue weighted by atomic mass is 19.1. The van der Waals surface area contributed by atoms with Gasteiger partial charge in [0.1, 0.15) is 5.82 Å². The molecule has 5 heteroatoms. The number of aliphatic hydroxyl groups is 1. The van der Waals surface area contributed by atoms with Crippen molar-refractivity contribution in [3.63, 3.8) is 0 Å². The Morgan fingerprint density at radius 1 is 1.56 bits per heavy atom. The summed E-state index contributed by atoms with van der Waals surface area (Å²) in [7, 11) is 0. The van der Waals surface area contributed by atoms with Crippen LogP contribution in [0, 0.1) is 5.82 Å². The molecule has 1 unspecified atom stereocenters. The molecule has 0 aliphatic carbocycles. The number of rotatable bonds is 3. The second kappa shape index (κ2) is 4.66. The lowest BCUT2D eigenvalue weighted by atomic mass is 10.1. The Balaban J connectivity index is 2.07. The molecule has 0 aromatic heterocycles. The van der Waals surface area contributed by atoms with E-state index in [4.69, 9.17) is 5.11 Å². The predicted molar refractivity (Wildman–Crippen MR) is 63.9 cm³/mol. The molecule has 0 spiro atoms. The average molecular weight is 253 g/mol. The normalized spacial score (nSPS) is 24.4. The highest BCUT2D eigenvalue weighted by Gasteiger charge is 2.31. The molecule has 1 aromatic carbocycles. The van der Waals surface area contributed by atoms with E-state index in [9.17, 15) is 14.3 Å². The number of hydrogen-bond donors (Lipinski definition) is 2. The number of likely N-dealkylation sites (tertiary alicyclic amines) is 1. The molecule has 1 aliphatic rings. The number of carboxylic acids is 1. The van der Waals surface area contributed by atoms with Crippen LogP contribution in [0.5, 0.6) is 0 Å². The summed E-state index contributed by atoms with van der Waals surface area (Å²) in [6.45, 7) is 3.61. The van der Waals surface area contributed by atoms with Gasteiger partial charge in [-0.2, -0.15) is 0 Å². The van der Waals surface area contributed by atoms with E-state index in [1.165, 1.54) is 12.1 Å². The molecule has 1 aliphatic heterocycles. The maximum Gasteiger partial charge on any atom is 0.338 e. The van der Waals surface area contributed by atoms with Gasteiger partial charge in [0.25, 0.3) is 0 Å². The topological polar surface area (TPSA) is 60.8 Å². The SMILES string of the molecule is CC1(O)CCN(Cc2ccc(C(=O)O)c(F)c2)C1. The molecule has 1 atom stereocenters. The number of hydrogen-bond acceptors (Lipinski definition) is 3. The summed E-state index contributed by atoms with van der Waals surface area (Å²) in [5.41, 5.74) is -0.276. The maximum absolute atomic E-state index is 13.5. The number of benzene rings is 1. The molecule has 1 fully saturated rings. The van der Waals surface area contributed by atoms with Gasteiger partial charge in [0.05, 0.1) is 11.2 Å². The quantitative estimate of drug-likeness (QED) is 0.856. The number of carboxylic acid groups (broad SMARTS) is 1. The highest BCUT2D eigenvalue weighted by molar-refractivity contribution is 5.87. The lowest BCUT2D eigenvalue weighted by Crippen LogP contribution is -2.29.